The molecule has 4 N–H and O–H groups in total. The molecule has 1 rings (SSSR count). The quantitative estimate of drug-likeness (QED) is 0.496. The third-order valence-electron chi connectivity index (χ3n) is 1.63. The molecule has 0 fully saturated rings. The number of hydrogen-bond donors (Lipinski definition) is 4. The van der Waals surface area contributed by atoms with Crippen molar-refractivity contribution < 1.29 is 28.7 Å². The molecule has 0 amide bonds. The van der Waals surface area contributed by atoms with E-state index in [2.05, 4.69) is 0 Å². The lowest BCUT2D eigenvalue weighted by Gasteiger charge is -2.18. The Morgan fingerprint density at radius 1 is 1.00 bits per heavy atom. The van der Waals surface area contributed by atoms with Crippen LogP contribution in [0.1, 0.15) is 0 Å². The monoisotopic (exact) mass is 320 g/mol. The summed E-state index contributed by atoms with van der Waals surface area (Å²) in [6.07, 6.45) is 0. The van der Waals surface area contributed by atoms with Crippen LogP contribution in [0.4, 0.5) is 0 Å². The van der Waals surface area contributed by atoms with E-state index in [1.165, 1.54) is 24.3 Å². The molecule has 6 nitrogen and oxygen atoms in total. The fourth-order valence-electron chi connectivity index (χ4n) is 0.968. The van der Waals surface area contributed by atoms with Crippen LogP contribution < -0.4 is 0 Å². The average Bonchev–Trinajstić information content (AvgIpc) is 2.13. The van der Waals surface area contributed by atoms with E-state index in [1.807, 2.05) is 0 Å². The maximum absolute atomic E-state index is 11.0. The Morgan fingerprint density at radius 3 is 1.76 bits per heavy atom. The number of thioether (sulfide) groups is 1. The van der Waals surface area contributed by atoms with E-state index < -0.39 is 19.9 Å². The van der Waals surface area contributed by atoms with E-state index in [1.54, 1.807) is 0 Å². The molecule has 0 aliphatic heterocycles. The molecule has 0 bridgehead atoms. The minimum Gasteiger partial charge on any atom is -0.323 e. The van der Waals surface area contributed by atoms with Gasteiger partial charge in [-0.3, -0.25) is 9.13 Å². The fourth-order valence-corrected chi connectivity index (χ4v) is 5.03. The Balaban J connectivity index is 3.00. The topological polar surface area (TPSA) is 115 Å². The highest BCUT2D eigenvalue weighted by Gasteiger charge is 2.44. The SMILES string of the molecule is O=P(O)(O)[14CH](Sc1ccc(Cl)cc1)P(=O)(O)O. The fraction of sp³-hybridized carbons (Fsp3) is 0.143. The number of hydrogen-bond acceptors (Lipinski definition) is 3. The van der Waals surface area contributed by atoms with Crippen molar-refractivity contribution >= 4 is 38.6 Å². The van der Waals surface area contributed by atoms with Gasteiger partial charge in [0.25, 0.3) is 0 Å². The van der Waals surface area contributed by atoms with Gasteiger partial charge in [-0.1, -0.05) is 23.4 Å². The first-order chi connectivity index (χ1) is 7.60. The lowest BCUT2D eigenvalue weighted by Crippen LogP contribution is -2.04. The molecule has 1 aromatic carbocycles. The van der Waals surface area contributed by atoms with Crippen molar-refractivity contribution in [3.63, 3.8) is 0 Å². The Hall–Kier alpha value is 0.160. The van der Waals surface area contributed by atoms with Gasteiger partial charge in [0.2, 0.25) is 4.73 Å². The smallest absolute Gasteiger partial charge is 0.323 e. The molecule has 0 saturated heterocycles. The first-order valence-electron chi connectivity index (χ1n) is 4.13. The van der Waals surface area contributed by atoms with Crippen molar-refractivity contribution in [3.8, 4) is 0 Å². The minimum absolute atomic E-state index is 0.311. The summed E-state index contributed by atoms with van der Waals surface area (Å²) in [5.41, 5.74) is 0. The minimum atomic E-state index is -4.91. The summed E-state index contributed by atoms with van der Waals surface area (Å²) in [7, 11) is -9.82. The lowest BCUT2D eigenvalue weighted by molar-refractivity contribution is 0.352. The van der Waals surface area contributed by atoms with Crippen LogP contribution in [0.2, 0.25) is 5.02 Å². The van der Waals surface area contributed by atoms with Gasteiger partial charge in [-0.2, -0.15) is 0 Å². The molecule has 17 heavy (non-hydrogen) atoms. The van der Waals surface area contributed by atoms with Gasteiger partial charge in [0, 0.05) is 9.92 Å². The van der Waals surface area contributed by atoms with Crippen LogP contribution in [0.25, 0.3) is 0 Å². The predicted octanol–water partition coefficient (Wildman–Crippen LogP) is 2.07. The van der Waals surface area contributed by atoms with Crippen LogP contribution in [-0.4, -0.2) is 24.3 Å². The summed E-state index contributed by atoms with van der Waals surface area (Å²) in [4.78, 5) is 35.9. The Bertz CT molecular complexity index is 458. The molecule has 0 aromatic heterocycles. The number of rotatable bonds is 4. The number of benzene rings is 1. The zero-order chi connectivity index (χ0) is 13.3. The average molecular weight is 321 g/mol. The molecule has 96 valence electrons. The van der Waals surface area contributed by atoms with Gasteiger partial charge >= 0.3 is 15.2 Å². The zero-order valence-corrected chi connectivity index (χ0v) is 11.5. The summed E-state index contributed by atoms with van der Waals surface area (Å²) in [5.74, 6) is 0. The third kappa shape index (κ3) is 4.73. The summed E-state index contributed by atoms with van der Waals surface area (Å²) >= 11 is 6.04. The van der Waals surface area contributed by atoms with E-state index in [4.69, 9.17) is 31.2 Å². The normalized spacial score (nSPS) is 13.1. The summed E-state index contributed by atoms with van der Waals surface area (Å²) in [6, 6.07) is 5.76. The van der Waals surface area contributed by atoms with Crippen LogP contribution in [0, 0.1) is 0 Å². The molecular weight excluding hydrogens is 312 g/mol. The maximum Gasteiger partial charge on any atom is 0.351 e. The first-order valence-corrected chi connectivity index (χ1v) is 8.75. The van der Waals surface area contributed by atoms with Gasteiger partial charge < -0.3 is 19.6 Å². The van der Waals surface area contributed by atoms with Crippen molar-refractivity contribution in [3.05, 3.63) is 29.3 Å². The lowest BCUT2D eigenvalue weighted by atomic mass is 10.4. The molecule has 0 saturated carbocycles. The largest absolute Gasteiger partial charge is 0.351 e. The molecule has 0 unspecified atom stereocenters. The van der Waals surface area contributed by atoms with Crippen LogP contribution in [0.3, 0.4) is 0 Å². The molecule has 0 heterocycles. The second-order valence-corrected chi connectivity index (χ2v) is 9.19. The summed E-state index contributed by atoms with van der Waals surface area (Å²) in [6.45, 7) is 0. The highest BCUT2D eigenvalue weighted by atomic mass is 35.5. The van der Waals surface area contributed by atoms with Crippen molar-refractivity contribution in [1.82, 2.24) is 0 Å². The van der Waals surface area contributed by atoms with E-state index >= 15 is 0 Å². The Labute approximate surface area is 106 Å². The molecule has 0 radical (unpaired) electrons. The standard InChI is InChI=1S/C7H9ClO6P2S/c8-5-1-3-6(4-2-5)17-7(15(9,10)11)16(12,13)14/h1-4,7H,(H2,9,10,11)(H2,12,13,14)/i7+2. The van der Waals surface area contributed by atoms with Crippen LogP contribution >= 0.6 is 38.6 Å². The highest BCUT2D eigenvalue weighted by Crippen LogP contribution is 2.65. The van der Waals surface area contributed by atoms with Gasteiger partial charge in [-0.25, -0.2) is 0 Å². The van der Waals surface area contributed by atoms with Crippen LogP contribution in [-0.2, 0) is 9.13 Å². The van der Waals surface area contributed by atoms with E-state index in [-0.39, 0.29) is 0 Å². The molecule has 0 atom stereocenters. The maximum atomic E-state index is 11.0. The van der Waals surface area contributed by atoms with Crippen LogP contribution in [0.5, 0.6) is 0 Å². The Morgan fingerprint density at radius 2 is 1.41 bits per heavy atom. The van der Waals surface area contributed by atoms with Gasteiger partial charge in [-0.05, 0) is 24.3 Å². The van der Waals surface area contributed by atoms with E-state index in [0.29, 0.717) is 21.7 Å². The molecule has 1 aromatic rings. The molecular formula is C7H9ClO6P2S. The van der Waals surface area contributed by atoms with Crippen molar-refractivity contribution in [2.24, 2.45) is 0 Å². The van der Waals surface area contributed by atoms with Crippen molar-refractivity contribution in [1.29, 1.82) is 0 Å². The molecule has 10 heteroatoms. The van der Waals surface area contributed by atoms with Crippen LogP contribution in [0.15, 0.2) is 29.2 Å². The van der Waals surface area contributed by atoms with E-state index in [0.717, 1.165) is 0 Å². The molecule has 0 aliphatic rings. The Kier molecular flexibility index (Phi) is 4.86. The summed E-state index contributed by atoms with van der Waals surface area (Å²) in [5, 5.41) is 0.415. The van der Waals surface area contributed by atoms with Gasteiger partial charge in [0.05, 0.1) is 0 Å². The second-order valence-electron chi connectivity index (χ2n) is 3.08. The first kappa shape index (κ1) is 15.2. The summed E-state index contributed by atoms with van der Waals surface area (Å²) < 4.78 is 19.9. The van der Waals surface area contributed by atoms with Crippen molar-refractivity contribution in [2.75, 3.05) is 0 Å². The third-order valence-corrected chi connectivity index (χ3v) is 7.87. The van der Waals surface area contributed by atoms with E-state index in [9.17, 15) is 9.13 Å². The van der Waals surface area contributed by atoms with Gasteiger partial charge in [0.1, 0.15) is 0 Å². The molecule has 0 spiro atoms. The van der Waals surface area contributed by atoms with Gasteiger partial charge in [0.15, 0.2) is 0 Å². The second kappa shape index (κ2) is 5.43. The zero-order valence-electron chi connectivity index (χ0n) is 8.17. The van der Waals surface area contributed by atoms with Gasteiger partial charge in [-0.15, -0.1) is 0 Å². The highest BCUT2D eigenvalue weighted by molar-refractivity contribution is 8.12. The van der Waals surface area contributed by atoms with Crippen molar-refractivity contribution in [2.45, 2.75) is 9.63 Å². The number of halogens is 1. The predicted molar refractivity (Wildman–Crippen MR) is 65.2 cm³/mol. The molecule has 0 aliphatic carbocycles.